The van der Waals surface area contributed by atoms with E-state index in [1.165, 1.54) is 25.3 Å². The van der Waals surface area contributed by atoms with E-state index in [0.717, 1.165) is 19.6 Å². The first kappa shape index (κ1) is 10.1. The Balaban J connectivity index is 2.33. The molecule has 0 aromatic rings. The number of nitrogens with one attached hydrogen (secondary N) is 1. The number of hydrogen-bond donors (Lipinski definition) is 3. The second-order valence-corrected chi connectivity index (χ2v) is 3.51. The Morgan fingerprint density at radius 3 is 2.38 bits per heavy atom. The lowest BCUT2D eigenvalue weighted by molar-refractivity contribution is 0.246. The van der Waals surface area contributed by atoms with E-state index in [1.807, 2.05) is 0 Å². The van der Waals surface area contributed by atoms with Crippen LogP contribution in [0.4, 0.5) is 0 Å². The molecule has 0 amide bonds. The van der Waals surface area contributed by atoms with Gasteiger partial charge in [0.05, 0.1) is 0 Å². The van der Waals surface area contributed by atoms with Gasteiger partial charge in [0.1, 0.15) is 5.84 Å². The first-order valence-electron chi connectivity index (χ1n) is 4.71. The summed E-state index contributed by atoms with van der Waals surface area (Å²) in [5, 5.41) is 7.04. The van der Waals surface area contributed by atoms with Crippen LogP contribution in [0.25, 0.3) is 0 Å². The lowest BCUT2D eigenvalue weighted by Crippen LogP contribution is -2.33. The SMILES string of the molecule is N=C(N)C=C(N)CN1CCCCC1. The zero-order chi connectivity index (χ0) is 9.68. The molecule has 74 valence electrons. The summed E-state index contributed by atoms with van der Waals surface area (Å²) in [5.41, 5.74) is 11.6. The monoisotopic (exact) mass is 182 g/mol. The van der Waals surface area contributed by atoms with Gasteiger partial charge in [0.2, 0.25) is 0 Å². The second kappa shape index (κ2) is 4.87. The number of amidine groups is 1. The predicted octanol–water partition coefficient (Wildman–Crippen LogP) is 0.251. The molecule has 13 heavy (non-hydrogen) atoms. The van der Waals surface area contributed by atoms with Gasteiger partial charge in [-0.3, -0.25) is 10.3 Å². The molecule has 0 aromatic carbocycles. The molecule has 1 saturated heterocycles. The van der Waals surface area contributed by atoms with Crippen LogP contribution in [0, 0.1) is 5.41 Å². The highest BCUT2D eigenvalue weighted by atomic mass is 15.1. The molecule has 1 aliphatic heterocycles. The van der Waals surface area contributed by atoms with Gasteiger partial charge >= 0.3 is 0 Å². The molecule has 0 spiro atoms. The minimum Gasteiger partial charge on any atom is -0.401 e. The first-order chi connectivity index (χ1) is 6.18. The van der Waals surface area contributed by atoms with Crippen molar-refractivity contribution in [1.29, 1.82) is 5.41 Å². The zero-order valence-corrected chi connectivity index (χ0v) is 7.92. The molecule has 0 unspecified atom stereocenters. The molecule has 4 heteroatoms. The van der Waals surface area contributed by atoms with Crippen LogP contribution in [0.3, 0.4) is 0 Å². The Morgan fingerprint density at radius 1 is 1.23 bits per heavy atom. The van der Waals surface area contributed by atoms with Crippen molar-refractivity contribution in [2.24, 2.45) is 11.5 Å². The summed E-state index contributed by atoms with van der Waals surface area (Å²) in [4.78, 5) is 2.30. The molecule has 0 aliphatic carbocycles. The third kappa shape index (κ3) is 3.94. The quantitative estimate of drug-likeness (QED) is 0.432. The maximum Gasteiger partial charge on any atom is 0.117 e. The van der Waals surface area contributed by atoms with Crippen molar-refractivity contribution in [2.45, 2.75) is 19.3 Å². The molecular formula is C9H18N4. The van der Waals surface area contributed by atoms with Crippen LogP contribution in [0.1, 0.15) is 19.3 Å². The standard InChI is InChI=1S/C9H18N4/c10-8(6-9(11)12)7-13-4-2-1-3-5-13/h6H,1-5,7,10H2,(H3,11,12). The van der Waals surface area contributed by atoms with Crippen molar-refractivity contribution >= 4 is 5.84 Å². The highest BCUT2D eigenvalue weighted by molar-refractivity contribution is 5.89. The van der Waals surface area contributed by atoms with Crippen LogP contribution < -0.4 is 11.5 Å². The molecule has 0 radical (unpaired) electrons. The van der Waals surface area contributed by atoms with Gasteiger partial charge < -0.3 is 11.5 Å². The molecule has 1 aliphatic rings. The van der Waals surface area contributed by atoms with E-state index in [9.17, 15) is 0 Å². The lowest BCUT2D eigenvalue weighted by Gasteiger charge is -2.26. The van der Waals surface area contributed by atoms with Gasteiger partial charge in [0.15, 0.2) is 0 Å². The third-order valence-electron chi connectivity index (χ3n) is 2.20. The fourth-order valence-corrected chi connectivity index (χ4v) is 1.62. The van der Waals surface area contributed by atoms with Gasteiger partial charge in [-0.25, -0.2) is 0 Å². The van der Waals surface area contributed by atoms with E-state index in [1.54, 1.807) is 0 Å². The van der Waals surface area contributed by atoms with E-state index in [4.69, 9.17) is 16.9 Å². The van der Waals surface area contributed by atoms with Crippen LogP contribution in [-0.4, -0.2) is 30.4 Å². The first-order valence-corrected chi connectivity index (χ1v) is 4.71. The van der Waals surface area contributed by atoms with Crippen molar-refractivity contribution in [3.05, 3.63) is 11.8 Å². The third-order valence-corrected chi connectivity index (χ3v) is 2.20. The summed E-state index contributed by atoms with van der Waals surface area (Å²) in [6.07, 6.45) is 5.36. The van der Waals surface area contributed by atoms with E-state index in [0.29, 0.717) is 5.70 Å². The van der Waals surface area contributed by atoms with E-state index in [-0.39, 0.29) is 5.84 Å². The summed E-state index contributed by atoms with van der Waals surface area (Å²) in [6, 6.07) is 0. The summed E-state index contributed by atoms with van der Waals surface area (Å²) in [5.74, 6) is 0.0366. The topological polar surface area (TPSA) is 79.1 Å². The molecule has 1 heterocycles. The fourth-order valence-electron chi connectivity index (χ4n) is 1.62. The molecule has 0 bridgehead atoms. The maximum atomic E-state index is 7.04. The molecular weight excluding hydrogens is 164 g/mol. The molecule has 1 fully saturated rings. The second-order valence-electron chi connectivity index (χ2n) is 3.51. The molecule has 1 rings (SSSR count). The van der Waals surface area contributed by atoms with Crippen molar-refractivity contribution in [2.75, 3.05) is 19.6 Å². The van der Waals surface area contributed by atoms with Crippen LogP contribution in [0.5, 0.6) is 0 Å². The van der Waals surface area contributed by atoms with E-state index in [2.05, 4.69) is 4.90 Å². The normalized spacial score (nSPS) is 20.2. The van der Waals surface area contributed by atoms with Gasteiger partial charge in [0, 0.05) is 12.2 Å². The number of piperidine rings is 1. The number of hydrogen-bond acceptors (Lipinski definition) is 3. The largest absolute Gasteiger partial charge is 0.401 e. The maximum absolute atomic E-state index is 7.04. The van der Waals surface area contributed by atoms with Crippen molar-refractivity contribution in [3.8, 4) is 0 Å². The van der Waals surface area contributed by atoms with Crippen LogP contribution >= 0.6 is 0 Å². The van der Waals surface area contributed by atoms with Crippen LogP contribution in [0.15, 0.2) is 11.8 Å². The van der Waals surface area contributed by atoms with E-state index >= 15 is 0 Å². The smallest absolute Gasteiger partial charge is 0.117 e. The van der Waals surface area contributed by atoms with Gasteiger partial charge in [0.25, 0.3) is 0 Å². The highest BCUT2D eigenvalue weighted by Crippen LogP contribution is 2.08. The lowest BCUT2D eigenvalue weighted by atomic mass is 10.1. The van der Waals surface area contributed by atoms with Crippen LogP contribution in [-0.2, 0) is 0 Å². The predicted molar refractivity (Wildman–Crippen MR) is 54.5 cm³/mol. The Kier molecular flexibility index (Phi) is 3.76. The van der Waals surface area contributed by atoms with Crippen molar-refractivity contribution < 1.29 is 0 Å². The molecule has 0 saturated carbocycles. The number of likely N-dealkylation sites (tertiary alicyclic amines) is 1. The summed E-state index contributed by atoms with van der Waals surface area (Å²) >= 11 is 0. The Hall–Kier alpha value is -1.03. The molecule has 0 atom stereocenters. The van der Waals surface area contributed by atoms with Gasteiger partial charge in [-0.05, 0) is 32.0 Å². The van der Waals surface area contributed by atoms with Gasteiger partial charge in [-0.15, -0.1) is 0 Å². The number of rotatable bonds is 3. The van der Waals surface area contributed by atoms with Crippen LogP contribution in [0.2, 0.25) is 0 Å². The zero-order valence-electron chi connectivity index (χ0n) is 7.92. The summed E-state index contributed by atoms with van der Waals surface area (Å²) < 4.78 is 0. The highest BCUT2D eigenvalue weighted by Gasteiger charge is 2.09. The Morgan fingerprint density at radius 2 is 1.85 bits per heavy atom. The summed E-state index contributed by atoms with van der Waals surface area (Å²) in [6.45, 7) is 2.98. The molecule has 0 aromatic heterocycles. The molecule has 5 N–H and O–H groups in total. The van der Waals surface area contributed by atoms with E-state index < -0.39 is 0 Å². The Bertz CT molecular complexity index is 204. The summed E-state index contributed by atoms with van der Waals surface area (Å²) in [7, 11) is 0. The fraction of sp³-hybridized carbons (Fsp3) is 0.667. The van der Waals surface area contributed by atoms with Crippen molar-refractivity contribution in [1.82, 2.24) is 4.90 Å². The average Bonchev–Trinajstić information content (AvgIpc) is 2.04. The molecule has 4 nitrogen and oxygen atoms in total. The minimum absolute atomic E-state index is 0.0366. The minimum atomic E-state index is 0.0366. The Labute approximate surface area is 79.1 Å². The number of nitrogens with zero attached hydrogens (tertiary/aromatic N) is 1. The van der Waals surface area contributed by atoms with Crippen molar-refractivity contribution in [3.63, 3.8) is 0 Å². The average molecular weight is 182 g/mol. The van der Waals surface area contributed by atoms with Gasteiger partial charge in [-0.2, -0.15) is 0 Å². The number of nitrogens with two attached hydrogens (primary N) is 2. The van der Waals surface area contributed by atoms with Gasteiger partial charge in [-0.1, -0.05) is 6.42 Å².